The maximum atomic E-state index is 5.71. The highest BCUT2D eigenvalue weighted by Crippen LogP contribution is 2.33. The van der Waals surface area contributed by atoms with Crippen molar-refractivity contribution in [2.24, 2.45) is 11.7 Å². The lowest BCUT2D eigenvalue weighted by atomic mass is 9.89. The smallest absolute Gasteiger partial charge is 0.141 e. The molecule has 15 heavy (non-hydrogen) atoms. The molecular weight excluding hydrogens is 235 g/mol. The Morgan fingerprint density at radius 1 is 1.53 bits per heavy atom. The summed E-state index contributed by atoms with van der Waals surface area (Å²) in [6.07, 6.45) is 1.79. The molecular formula is C10H16Cl2N2O. The van der Waals surface area contributed by atoms with Gasteiger partial charge in [-0.05, 0) is 18.1 Å². The van der Waals surface area contributed by atoms with E-state index in [1.165, 1.54) is 0 Å². The van der Waals surface area contributed by atoms with Crippen molar-refractivity contribution in [2.75, 3.05) is 13.2 Å². The predicted octanol–water partition coefficient (Wildman–Crippen LogP) is 2.00. The average molecular weight is 251 g/mol. The van der Waals surface area contributed by atoms with E-state index in [1.54, 1.807) is 6.20 Å². The highest BCUT2D eigenvalue weighted by Gasteiger charge is 2.27. The largest absolute Gasteiger partial charge is 0.491 e. The van der Waals surface area contributed by atoms with E-state index in [-0.39, 0.29) is 24.8 Å². The molecule has 5 heteroatoms. The van der Waals surface area contributed by atoms with Gasteiger partial charge < -0.3 is 10.5 Å². The Bertz CT molecular complexity index is 309. The van der Waals surface area contributed by atoms with Gasteiger partial charge in [-0.3, -0.25) is 4.98 Å². The lowest BCUT2D eigenvalue weighted by Crippen LogP contribution is -2.29. The van der Waals surface area contributed by atoms with Gasteiger partial charge in [0.1, 0.15) is 5.75 Å². The fourth-order valence-corrected chi connectivity index (χ4v) is 1.75. The van der Waals surface area contributed by atoms with Crippen molar-refractivity contribution in [1.29, 1.82) is 0 Å². The van der Waals surface area contributed by atoms with Crippen molar-refractivity contribution in [2.45, 2.75) is 12.8 Å². The summed E-state index contributed by atoms with van der Waals surface area (Å²) in [4.78, 5) is 4.32. The zero-order chi connectivity index (χ0) is 9.26. The fraction of sp³-hybridized carbons (Fsp3) is 0.500. The fourth-order valence-electron chi connectivity index (χ4n) is 1.75. The summed E-state index contributed by atoms with van der Waals surface area (Å²) >= 11 is 0. The molecule has 0 spiro atoms. The third kappa shape index (κ3) is 2.74. The van der Waals surface area contributed by atoms with E-state index in [9.17, 15) is 0 Å². The maximum Gasteiger partial charge on any atom is 0.141 e. The number of pyridine rings is 1. The monoisotopic (exact) mass is 250 g/mol. The standard InChI is InChI=1S/C10H14N2O.2ClH/c1-7-6-13-9-3-2-4-12-10(9)8(7)5-11;;/h2-4,7-8H,5-6,11H2,1H3;2*1H/t7-,8+;;/m0../s1. The van der Waals surface area contributed by atoms with Gasteiger partial charge in [0.2, 0.25) is 0 Å². The number of nitrogens with zero attached hydrogens (tertiary/aromatic N) is 1. The van der Waals surface area contributed by atoms with Gasteiger partial charge in [-0.1, -0.05) is 6.92 Å². The number of nitrogens with two attached hydrogens (primary N) is 1. The average Bonchev–Trinajstić information content (AvgIpc) is 2.18. The number of hydrogen-bond donors (Lipinski definition) is 1. The van der Waals surface area contributed by atoms with Crippen LogP contribution in [-0.2, 0) is 0 Å². The van der Waals surface area contributed by atoms with Gasteiger partial charge in [0.15, 0.2) is 0 Å². The van der Waals surface area contributed by atoms with E-state index in [2.05, 4.69) is 11.9 Å². The normalized spacial score (nSPS) is 22.8. The number of fused-ring (bicyclic) bond motifs is 1. The molecule has 1 aliphatic rings. The summed E-state index contributed by atoms with van der Waals surface area (Å²) in [6, 6.07) is 3.85. The van der Waals surface area contributed by atoms with Crippen LogP contribution < -0.4 is 10.5 Å². The van der Waals surface area contributed by atoms with Gasteiger partial charge in [0.05, 0.1) is 12.3 Å². The van der Waals surface area contributed by atoms with Crippen LogP contribution >= 0.6 is 24.8 Å². The Morgan fingerprint density at radius 3 is 2.93 bits per heavy atom. The van der Waals surface area contributed by atoms with Gasteiger partial charge in [-0.15, -0.1) is 24.8 Å². The molecule has 2 rings (SSSR count). The van der Waals surface area contributed by atoms with Crippen LogP contribution in [0.2, 0.25) is 0 Å². The molecule has 2 heterocycles. The third-order valence-electron chi connectivity index (χ3n) is 2.59. The van der Waals surface area contributed by atoms with Crippen LogP contribution in [-0.4, -0.2) is 18.1 Å². The topological polar surface area (TPSA) is 48.1 Å². The SMILES string of the molecule is C[C@H]1COc2cccnc2[C@@H]1CN.Cl.Cl. The highest BCUT2D eigenvalue weighted by atomic mass is 35.5. The van der Waals surface area contributed by atoms with E-state index < -0.39 is 0 Å². The van der Waals surface area contributed by atoms with Crippen molar-refractivity contribution < 1.29 is 4.74 Å². The lowest BCUT2D eigenvalue weighted by Gasteiger charge is -2.29. The first kappa shape index (κ1) is 14.5. The van der Waals surface area contributed by atoms with Crippen molar-refractivity contribution in [3.05, 3.63) is 24.0 Å². The van der Waals surface area contributed by atoms with Gasteiger partial charge in [-0.2, -0.15) is 0 Å². The lowest BCUT2D eigenvalue weighted by molar-refractivity contribution is 0.203. The van der Waals surface area contributed by atoms with Crippen LogP contribution in [0.4, 0.5) is 0 Å². The summed E-state index contributed by atoms with van der Waals surface area (Å²) in [5.41, 5.74) is 6.73. The number of ether oxygens (including phenoxy) is 1. The number of aromatic nitrogens is 1. The van der Waals surface area contributed by atoms with Crippen molar-refractivity contribution in [3.8, 4) is 5.75 Å². The first-order chi connectivity index (χ1) is 6.33. The second kappa shape index (κ2) is 6.16. The first-order valence-electron chi connectivity index (χ1n) is 4.60. The molecule has 0 amide bonds. The van der Waals surface area contributed by atoms with Crippen molar-refractivity contribution >= 4 is 24.8 Å². The molecule has 0 bridgehead atoms. The van der Waals surface area contributed by atoms with Crippen LogP contribution in [0.3, 0.4) is 0 Å². The molecule has 0 aliphatic carbocycles. The highest BCUT2D eigenvalue weighted by molar-refractivity contribution is 5.85. The molecule has 1 aromatic heterocycles. The van der Waals surface area contributed by atoms with Gasteiger partial charge in [0.25, 0.3) is 0 Å². The van der Waals surface area contributed by atoms with Crippen molar-refractivity contribution in [1.82, 2.24) is 4.98 Å². The quantitative estimate of drug-likeness (QED) is 0.830. The van der Waals surface area contributed by atoms with Crippen LogP contribution in [0, 0.1) is 5.92 Å². The number of hydrogen-bond acceptors (Lipinski definition) is 3. The minimum absolute atomic E-state index is 0. The molecule has 2 N–H and O–H groups in total. The van der Waals surface area contributed by atoms with Crippen LogP contribution in [0.1, 0.15) is 18.5 Å². The molecule has 0 aromatic carbocycles. The molecule has 2 atom stereocenters. The maximum absolute atomic E-state index is 5.71. The van der Waals surface area contributed by atoms with Gasteiger partial charge >= 0.3 is 0 Å². The van der Waals surface area contributed by atoms with E-state index in [4.69, 9.17) is 10.5 Å². The van der Waals surface area contributed by atoms with E-state index in [1.807, 2.05) is 12.1 Å². The van der Waals surface area contributed by atoms with Crippen molar-refractivity contribution in [3.63, 3.8) is 0 Å². The van der Waals surface area contributed by atoms with E-state index in [0.717, 1.165) is 18.1 Å². The number of rotatable bonds is 1. The summed E-state index contributed by atoms with van der Waals surface area (Å²) in [5, 5.41) is 0. The van der Waals surface area contributed by atoms with Gasteiger partial charge in [-0.25, -0.2) is 0 Å². The Morgan fingerprint density at radius 2 is 2.27 bits per heavy atom. The Balaban J connectivity index is 0.000000980. The minimum Gasteiger partial charge on any atom is -0.491 e. The molecule has 1 aromatic rings. The Kier molecular flexibility index (Phi) is 5.95. The third-order valence-corrected chi connectivity index (χ3v) is 2.59. The summed E-state index contributed by atoms with van der Waals surface area (Å²) in [6.45, 7) is 3.55. The number of halogens is 2. The Hall–Kier alpha value is -0.510. The zero-order valence-corrected chi connectivity index (χ0v) is 10.2. The molecule has 1 aliphatic heterocycles. The molecule has 3 nitrogen and oxygen atoms in total. The minimum atomic E-state index is 0. The summed E-state index contributed by atoms with van der Waals surface area (Å²) in [5.74, 6) is 1.72. The second-order valence-electron chi connectivity index (χ2n) is 3.52. The first-order valence-corrected chi connectivity index (χ1v) is 4.60. The summed E-state index contributed by atoms with van der Waals surface area (Å²) in [7, 11) is 0. The van der Waals surface area contributed by atoms with Gasteiger partial charge in [0, 0.05) is 18.7 Å². The summed E-state index contributed by atoms with van der Waals surface area (Å²) < 4.78 is 5.55. The molecule has 0 saturated carbocycles. The van der Waals surface area contributed by atoms with Crippen LogP contribution in [0.25, 0.3) is 0 Å². The molecule has 86 valence electrons. The molecule has 0 fully saturated rings. The van der Waals surface area contributed by atoms with Crippen LogP contribution in [0.5, 0.6) is 5.75 Å². The molecule has 0 saturated heterocycles. The van der Waals surface area contributed by atoms with E-state index in [0.29, 0.717) is 18.4 Å². The Labute approximate surface area is 102 Å². The molecule has 0 unspecified atom stereocenters. The molecule has 0 radical (unpaired) electrons. The van der Waals surface area contributed by atoms with E-state index >= 15 is 0 Å². The zero-order valence-electron chi connectivity index (χ0n) is 8.55. The second-order valence-corrected chi connectivity index (χ2v) is 3.52. The van der Waals surface area contributed by atoms with Crippen LogP contribution in [0.15, 0.2) is 18.3 Å². The predicted molar refractivity (Wildman–Crippen MR) is 65.2 cm³/mol.